The highest BCUT2D eigenvalue weighted by atomic mass is 16.5. The van der Waals surface area contributed by atoms with Crippen LogP contribution in [-0.2, 0) is 9.53 Å². The number of nitrogens with zero attached hydrogens (tertiary/aromatic N) is 1. The zero-order valence-electron chi connectivity index (χ0n) is 11.3. The summed E-state index contributed by atoms with van der Waals surface area (Å²) in [6.45, 7) is 7.57. The first-order valence-electron chi connectivity index (χ1n) is 6.62. The van der Waals surface area contributed by atoms with Crippen molar-refractivity contribution < 1.29 is 9.53 Å². The molecule has 98 valence electrons. The van der Waals surface area contributed by atoms with E-state index in [1.54, 1.807) is 0 Å². The zero-order valence-corrected chi connectivity index (χ0v) is 11.3. The fourth-order valence-corrected chi connectivity index (χ4v) is 2.44. The van der Waals surface area contributed by atoms with E-state index in [1.807, 2.05) is 25.1 Å². The molecule has 1 aromatic rings. The van der Waals surface area contributed by atoms with Crippen molar-refractivity contribution in [2.45, 2.75) is 32.9 Å². The highest BCUT2D eigenvalue weighted by Gasteiger charge is 2.53. The van der Waals surface area contributed by atoms with Gasteiger partial charge in [0.2, 0.25) is 0 Å². The minimum atomic E-state index is -0.0907. The molecule has 0 radical (unpaired) electrons. The Kier molecular flexibility index (Phi) is 4.02. The van der Waals surface area contributed by atoms with Crippen LogP contribution in [0.1, 0.15) is 32.4 Å². The average Bonchev–Trinajstić information content (AvgIpc) is 3.03. The number of benzene rings is 1. The van der Waals surface area contributed by atoms with Crippen molar-refractivity contribution in [1.29, 1.82) is 0 Å². The second-order valence-corrected chi connectivity index (χ2v) is 5.14. The maximum atomic E-state index is 11.9. The van der Waals surface area contributed by atoms with Gasteiger partial charge in [-0.2, -0.15) is 0 Å². The molecule has 0 spiro atoms. The first-order valence-corrected chi connectivity index (χ1v) is 6.62. The first-order chi connectivity index (χ1) is 8.65. The maximum absolute atomic E-state index is 11.9. The molecule has 1 aromatic carbocycles. The van der Waals surface area contributed by atoms with E-state index in [4.69, 9.17) is 4.74 Å². The van der Waals surface area contributed by atoms with Gasteiger partial charge in [0, 0.05) is 6.54 Å². The minimum Gasteiger partial charge on any atom is -0.465 e. The van der Waals surface area contributed by atoms with Crippen LogP contribution in [0.5, 0.6) is 0 Å². The summed E-state index contributed by atoms with van der Waals surface area (Å²) in [7, 11) is 0. The number of hydrogen-bond donors (Lipinski definition) is 0. The summed E-state index contributed by atoms with van der Waals surface area (Å²) in [4.78, 5) is 14.1. The van der Waals surface area contributed by atoms with Gasteiger partial charge in [0.1, 0.15) is 6.04 Å². The van der Waals surface area contributed by atoms with Gasteiger partial charge in [-0.15, -0.1) is 0 Å². The van der Waals surface area contributed by atoms with Crippen LogP contribution in [0.25, 0.3) is 0 Å². The molecule has 1 saturated heterocycles. The quantitative estimate of drug-likeness (QED) is 0.591. The molecule has 3 nitrogen and oxygen atoms in total. The molecular weight excluding hydrogens is 226 g/mol. The highest BCUT2D eigenvalue weighted by molar-refractivity contribution is 5.80. The highest BCUT2D eigenvalue weighted by Crippen LogP contribution is 2.44. The van der Waals surface area contributed by atoms with Crippen molar-refractivity contribution in [2.24, 2.45) is 5.92 Å². The van der Waals surface area contributed by atoms with Gasteiger partial charge in [-0.25, -0.2) is 0 Å². The Morgan fingerprint density at radius 2 is 2.00 bits per heavy atom. The second-order valence-electron chi connectivity index (χ2n) is 5.14. The predicted molar refractivity (Wildman–Crippen MR) is 71.1 cm³/mol. The van der Waals surface area contributed by atoms with Crippen LogP contribution in [0.4, 0.5) is 0 Å². The summed E-state index contributed by atoms with van der Waals surface area (Å²) >= 11 is 0. The smallest absolute Gasteiger partial charge is 0.325 e. The summed E-state index contributed by atoms with van der Waals surface area (Å²) in [5, 5.41) is 0. The SMILES string of the molecule is CCOC(=O)[C@H]1[C@H](c2ccccc2)N1CC(C)C. The number of ether oxygens (including phenoxy) is 1. The van der Waals surface area contributed by atoms with Crippen LogP contribution in [0, 0.1) is 5.92 Å². The van der Waals surface area contributed by atoms with Crippen LogP contribution >= 0.6 is 0 Å². The number of esters is 1. The average molecular weight is 247 g/mol. The summed E-state index contributed by atoms with van der Waals surface area (Å²) in [6, 6.07) is 10.3. The van der Waals surface area contributed by atoms with Crippen LogP contribution in [0.15, 0.2) is 30.3 Å². The molecule has 3 heteroatoms. The number of hydrogen-bond acceptors (Lipinski definition) is 3. The molecule has 3 atom stereocenters. The van der Waals surface area contributed by atoms with Gasteiger partial charge in [-0.3, -0.25) is 9.69 Å². The van der Waals surface area contributed by atoms with Crippen molar-refractivity contribution in [2.75, 3.05) is 13.2 Å². The van der Waals surface area contributed by atoms with Gasteiger partial charge < -0.3 is 4.74 Å². The predicted octanol–water partition coefficient (Wildman–Crippen LogP) is 2.63. The molecule has 18 heavy (non-hydrogen) atoms. The van der Waals surface area contributed by atoms with Crippen molar-refractivity contribution in [3.05, 3.63) is 35.9 Å². The number of carbonyl (C=O) groups excluding carboxylic acids is 1. The van der Waals surface area contributed by atoms with Gasteiger partial charge in [0.15, 0.2) is 0 Å². The molecule has 0 amide bonds. The van der Waals surface area contributed by atoms with Crippen LogP contribution in [0.3, 0.4) is 0 Å². The lowest BCUT2D eigenvalue weighted by Gasteiger charge is -2.06. The van der Waals surface area contributed by atoms with E-state index in [-0.39, 0.29) is 18.1 Å². The summed E-state index contributed by atoms with van der Waals surface area (Å²) < 4.78 is 5.15. The van der Waals surface area contributed by atoms with Gasteiger partial charge in [0.25, 0.3) is 0 Å². The van der Waals surface area contributed by atoms with Crippen molar-refractivity contribution >= 4 is 5.97 Å². The summed E-state index contributed by atoms with van der Waals surface area (Å²) in [5.41, 5.74) is 1.20. The zero-order chi connectivity index (χ0) is 13.1. The molecule has 0 aromatic heterocycles. The van der Waals surface area contributed by atoms with Crippen molar-refractivity contribution in [3.63, 3.8) is 0 Å². The normalized spacial score (nSPS) is 26.1. The Balaban J connectivity index is 2.10. The Labute approximate surface area is 109 Å². The van der Waals surface area contributed by atoms with E-state index < -0.39 is 0 Å². The van der Waals surface area contributed by atoms with Gasteiger partial charge in [-0.05, 0) is 18.4 Å². The van der Waals surface area contributed by atoms with E-state index in [2.05, 4.69) is 30.9 Å². The van der Waals surface area contributed by atoms with E-state index in [1.165, 1.54) is 5.56 Å². The molecule has 0 saturated carbocycles. The summed E-state index contributed by atoms with van der Waals surface area (Å²) in [6.07, 6.45) is 0. The van der Waals surface area contributed by atoms with E-state index >= 15 is 0 Å². The lowest BCUT2D eigenvalue weighted by molar-refractivity contribution is -0.143. The minimum absolute atomic E-state index is 0.0882. The third-order valence-electron chi connectivity index (χ3n) is 3.17. The van der Waals surface area contributed by atoms with Gasteiger partial charge >= 0.3 is 5.97 Å². The molecule has 0 bridgehead atoms. The standard InChI is InChI=1S/C15H21NO2/c1-4-18-15(17)14-13(16(14)10-11(2)3)12-8-6-5-7-9-12/h5-9,11,13-14H,4,10H2,1-3H3/t13-,14+,16?/m0/s1. The maximum Gasteiger partial charge on any atom is 0.325 e. The second kappa shape index (κ2) is 5.53. The fraction of sp³-hybridized carbons (Fsp3) is 0.533. The van der Waals surface area contributed by atoms with Crippen LogP contribution < -0.4 is 0 Å². The van der Waals surface area contributed by atoms with E-state index in [0.717, 1.165) is 6.54 Å². The molecule has 2 rings (SSSR count). The van der Waals surface area contributed by atoms with Gasteiger partial charge in [0.05, 0.1) is 12.6 Å². The number of rotatable bonds is 5. The Bertz CT molecular complexity index is 402. The Hall–Kier alpha value is -1.35. The third-order valence-corrected chi connectivity index (χ3v) is 3.17. The molecule has 0 N–H and O–H groups in total. The van der Waals surface area contributed by atoms with Crippen molar-refractivity contribution in [3.8, 4) is 0 Å². The molecule has 1 heterocycles. The lowest BCUT2D eigenvalue weighted by atomic mass is 10.1. The number of carbonyl (C=O) groups is 1. The van der Waals surface area contributed by atoms with E-state index in [0.29, 0.717) is 12.5 Å². The fourth-order valence-electron chi connectivity index (χ4n) is 2.44. The monoisotopic (exact) mass is 247 g/mol. The largest absolute Gasteiger partial charge is 0.465 e. The lowest BCUT2D eigenvalue weighted by Crippen LogP contribution is -2.18. The molecule has 1 aliphatic rings. The Morgan fingerprint density at radius 1 is 1.33 bits per heavy atom. The third kappa shape index (κ3) is 2.72. The molecule has 1 unspecified atom stereocenters. The van der Waals surface area contributed by atoms with Crippen LogP contribution in [-0.4, -0.2) is 30.1 Å². The molecule has 1 fully saturated rings. The summed E-state index contributed by atoms with van der Waals surface area (Å²) in [5.74, 6) is 0.461. The Morgan fingerprint density at radius 3 is 2.56 bits per heavy atom. The van der Waals surface area contributed by atoms with Gasteiger partial charge in [-0.1, -0.05) is 44.2 Å². The molecule has 1 aliphatic heterocycles. The van der Waals surface area contributed by atoms with Crippen LogP contribution in [0.2, 0.25) is 0 Å². The van der Waals surface area contributed by atoms with E-state index in [9.17, 15) is 4.79 Å². The van der Waals surface area contributed by atoms with Crippen molar-refractivity contribution in [1.82, 2.24) is 4.90 Å². The topological polar surface area (TPSA) is 29.3 Å². The molecular formula is C15H21NO2. The first kappa shape index (κ1) is 13.1. The molecule has 0 aliphatic carbocycles.